The zero-order valence-corrected chi connectivity index (χ0v) is 16.5. The van der Waals surface area contributed by atoms with Gasteiger partial charge in [0.15, 0.2) is 11.7 Å². The second kappa shape index (κ2) is 10.7. The minimum Gasteiger partial charge on any atom is -0.497 e. The van der Waals surface area contributed by atoms with Crippen LogP contribution in [0.5, 0.6) is 11.5 Å². The van der Waals surface area contributed by atoms with E-state index in [1.807, 2.05) is 31.2 Å². The topological polar surface area (TPSA) is 67.8 Å². The van der Waals surface area contributed by atoms with Crippen LogP contribution in [-0.2, 0) is 12.6 Å². The minimum atomic E-state index is -4.40. The summed E-state index contributed by atoms with van der Waals surface area (Å²) in [5.41, 5.74) is -0.850. The molecule has 0 bridgehead atoms. The fourth-order valence-corrected chi connectivity index (χ4v) is 2.97. The lowest BCUT2D eigenvalue weighted by Gasteiger charge is -2.12. The summed E-state index contributed by atoms with van der Waals surface area (Å²) in [5, 5.41) is 7.64. The van der Waals surface area contributed by atoms with Gasteiger partial charge in [-0.05, 0) is 31.2 Å². The maximum Gasteiger partial charge on any atom is 0.434 e. The summed E-state index contributed by atoms with van der Waals surface area (Å²) in [6.07, 6.45) is -4.06. The molecule has 1 aromatic carbocycles. The van der Waals surface area contributed by atoms with E-state index in [-0.39, 0.29) is 0 Å². The van der Waals surface area contributed by atoms with Crippen LogP contribution >= 0.6 is 11.3 Å². The third kappa shape index (κ3) is 7.26. The predicted octanol–water partition coefficient (Wildman–Crippen LogP) is 3.35. The van der Waals surface area contributed by atoms with E-state index in [0.29, 0.717) is 43.6 Å². The van der Waals surface area contributed by atoms with Gasteiger partial charge in [0, 0.05) is 24.9 Å². The summed E-state index contributed by atoms with van der Waals surface area (Å²) in [4.78, 5) is 7.96. The third-order valence-electron chi connectivity index (χ3n) is 3.50. The molecule has 0 spiro atoms. The lowest BCUT2D eigenvalue weighted by Crippen LogP contribution is -2.39. The number of aliphatic imine (C=N–C) groups is 1. The van der Waals surface area contributed by atoms with Gasteiger partial charge in [0.25, 0.3) is 0 Å². The van der Waals surface area contributed by atoms with Crippen molar-refractivity contribution in [3.8, 4) is 11.5 Å². The van der Waals surface area contributed by atoms with Gasteiger partial charge in [-0.3, -0.25) is 4.99 Å². The second-order valence-electron chi connectivity index (χ2n) is 5.59. The third-order valence-corrected chi connectivity index (χ3v) is 4.41. The van der Waals surface area contributed by atoms with E-state index >= 15 is 0 Å². The molecule has 0 atom stereocenters. The number of ether oxygens (including phenoxy) is 2. The van der Waals surface area contributed by atoms with Crippen molar-refractivity contribution in [3.05, 3.63) is 40.3 Å². The smallest absolute Gasteiger partial charge is 0.434 e. The van der Waals surface area contributed by atoms with Gasteiger partial charge >= 0.3 is 6.18 Å². The molecule has 0 saturated heterocycles. The molecule has 0 aliphatic heterocycles. The van der Waals surface area contributed by atoms with Gasteiger partial charge < -0.3 is 20.1 Å². The quantitative estimate of drug-likeness (QED) is 0.373. The molecule has 0 amide bonds. The van der Waals surface area contributed by atoms with Crippen molar-refractivity contribution in [2.24, 2.45) is 4.99 Å². The maximum absolute atomic E-state index is 12.6. The zero-order chi connectivity index (χ0) is 20.4. The highest BCUT2D eigenvalue weighted by molar-refractivity contribution is 7.09. The molecule has 0 aliphatic rings. The highest BCUT2D eigenvalue weighted by Gasteiger charge is 2.33. The Bertz CT molecular complexity index is 748. The number of alkyl halides is 3. The summed E-state index contributed by atoms with van der Waals surface area (Å²) in [6.45, 7) is 3.88. The number of nitrogens with zero attached hydrogens (tertiary/aromatic N) is 2. The molecular formula is C18H23F3N4O2S. The van der Waals surface area contributed by atoms with Crippen molar-refractivity contribution >= 4 is 17.3 Å². The number of hydrogen-bond acceptors (Lipinski definition) is 5. The van der Waals surface area contributed by atoms with Crippen molar-refractivity contribution < 1.29 is 22.6 Å². The van der Waals surface area contributed by atoms with Gasteiger partial charge in [-0.25, -0.2) is 4.98 Å². The summed E-state index contributed by atoms with van der Waals surface area (Å²) < 4.78 is 48.4. The lowest BCUT2D eigenvalue weighted by molar-refractivity contribution is -0.140. The lowest BCUT2D eigenvalue weighted by atomic mass is 10.3. The molecule has 0 aliphatic carbocycles. The molecule has 154 valence electrons. The number of methoxy groups -OCH3 is 1. The Morgan fingerprint density at radius 1 is 1.18 bits per heavy atom. The fourth-order valence-electron chi connectivity index (χ4n) is 2.17. The van der Waals surface area contributed by atoms with Gasteiger partial charge in [-0.15, -0.1) is 11.3 Å². The average Bonchev–Trinajstić information content (AvgIpc) is 3.15. The molecular weight excluding hydrogens is 393 g/mol. The summed E-state index contributed by atoms with van der Waals surface area (Å²) in [6, 6.07) is 7.27. The molecule has 2 N–H and O–H groups in total. The minimum absolute atomic E-state index is 0.333. The van der Waals surface area contributed by atoms with E-state index in [0.717, 1.165) is 28.2 Å². The summed E-state index contributed by atoms with van der Waals surface area (Å²) in [5.74, 6) is 2.07. The predicted molar refractivity (Wildman–Crippen MR) is 103 cm³/mol. The van der Waals surface area contributed by atoms with Crippen molar-refractivity contribution in [1.82, 2.24) is 15.6 Å². The van der Waals surface area contributed by atoms with E-state index in [4.69, 9.17) is 9.47 Å². The molecule has 2 aromatic rings. The summed E-state index contributed by atoms with van der Waals surface area (Å²) in [7, 11) is 1.60. The van der Waals surface area contributed by atoms with Crippen LogP contribution < -0.4 is 20.1 Å². The molecule has 6 nitrogen and oxygen atoms in total. The van der Waals surface area contributed by atoms with E-state index in [1.165, 1.54) is 0 Å². The van der Waals surface area contributed by atoms with Gasteiger partial charge in [-0.1, -0.05) is 0 Å². The number of aromatic nitrogens is 1. The van der Waals surface area contributed by atoms with E-state index in [1.54, 1.807) is 7.11 Å². The van der Waals surface area contributed by atoms with E-state index in [9.17, 15) is 13.2 Å². The first kappa shape index (κ1) is 21.8. The second-order valence-corrected chi connectivity index (χ2v) is 6.53. The average molecular weight is 416 g/mol. The Hall–Kier alpha value is -2.49. The molecule has 0 unspecified atom stereocenters. The zero-order valence-electron chi connectivity index (χ0n) is 15.7. The number of nitrogens with one attached hydrogen (secondary N) is 2. The number of rotatable bonds is 9. The Morgan fingerprint density at radius 3 is 2.50 bits per heavy atom. The van der Waals surface area contributed by atoms with Crippen molar-refractivity contribution in [3.63, 3.8) is 0 Å². The molecule has 0 radical (unpaired) electrons. The van der Waals surface area contributed by atoms with Gasteiger partial charge in [0.05, 0.1) is 18.7 Å². The maximum atomic E-state index is 12.6. The van der Waals surface area contributed by atoms with Crippen LogP contribution in [0.1, 0.15) is 17.6 Å². The Morgan fingerprint density at radius 2 is 1.89 bits per heavy atom. The first-order valence-corrected chi connectivity index (χ1v) is 9.61. The normalized spacial score (nSPS) is 12.0. The first-order valence-electron chi connectivity index (χ1n) is 8.73. The van der Waals surface area contributed by atoms with Gasteiger partial charge in [0.2, 0.25) is 0 Å². The molecule has 0 fully saturated rings. The molecule has 1 aromatic heterocycles. The van der Waals surface area contributed by atoms with E-state index < -0.39 is 11.9 Å². The van der Waals surface area contributed by atoms with Crippen LogP contribution in [0, 0.1) is 0 Å². The van der Waals surface area contributed by atoms with Crippen molar-refractivity contribution in [2.75, 3.05) is 33.4 Å². The van der Waals surface area contributed by atoms with Crippen molar-refractivity contribution in [2.45, 2.75) is 19.5 Å². The number of halogens is 3. The number of guanidine groups is 1. The van der Waals surface area contributed by atoms with Crippen LogP contribution in [0.15, 0.2) is 34.6 Å². The number of benzene rings is 1. The number of hydrogen-bond donors (Lipinski definition) is 2. The first-order chi connectivity index (χ1) is 13.4. The van der Waals surface area contributed by atoms with Crippen LogP contribution in [0.2, 0.25) is 0 Å². The molecule has 0 saturated carbocycles. The molecule has 1 heterocycles. The van der Waals surface area contributed by atoms with Gasteiger partial charge in [0.1, 0.15) is 18.1 Å². The van der Waals surface area contributed by atoms with Gasteiger partial charge in [-0.2, -0.15) is 13.2 Å². The highest BCUT2D eigenvalue weighted by atomic mass is 32.1. The SMILES string of the molecule is CCNC(=NCCc1nc(C(F)(F)F)cs1)NCCOc1ccc(OC)cc1. The van der Waals surface area contributed by atoms with E-state index in [2.05, 4.69) is 20.6 Å². The molecule has 10 heteroatoms. The monoisotopic (exact) mass is 416 g/mol. The highest BCUT2D eigenvalue weighted by Crippen LogP contribution is 2.30. The van der Waals surface area contributed by atoms with Crippen LogP contribution in [0.4, 0.5) is 13.2 Å². The standard InChI is InChI=1S/C18H23F3N4O2S/c1-3-22-17(23-9-8-16-25-15(12-28-16)18(19,20)21)24-10-11-27-14-6-4-13(26-2)5-7-14/h4-7,12H,3,8-11H2,1-2H3,(H2,22,23,24). The Balaban J connectivity index is 1.75. The van der Waals surface area contributed by atoms with Crippen LogP contribution in [-0.4, -0.2) is 44.3 Å². The summed E-state index contributed by atoms with van der Waals surface area (Å²) >= 11 is 0.993. The van der Waals surface area contributed by atoms with Crippen LogP contribution in [0.25, 0.3) is 0 Å². The largest absolute Gasteiger partial charge is 0.497 e. The Kier molecular flexibility index (Phi) is 8.37. The number of thiazole rings is 1. The van der Waals surface area contributed by atoms with Crippen LogP contribution in [0.3, 0.4) is 0 Å². The Labute approximate surface area is 165 Å². The van der Waals surface area contributed by atoms with Crippen molar-refractivity contribution in [1.29, 1.82) is 0 Å². The molecule has 28 heavy (non-hydrogen) atoms. The molecule has 2 rings (SSSR count). The fraction of sp³-hybridized carbons (Fsp3) is 0.444.